The number of aryl methyl sites for hydroxylation is 2. The summed E-state index contributed by atoms with van der Waals surface area (Å²) < 4.78 is 27.3. The molecule has 2 rings (SSSR count). The van der Waals surface area contributed by atoms with Crippen LogP contribution in [0.25, 0.3) is 0 Å². The van der Waals surface area contributed by atoms with Gasteiger partial charge in [-0.05, 0) is 68.1 Å². The SMILES string of the molecule is CCCCNC(=O)C(C)N(Cc1ccc(Br)cc1)C(=O)CN(c1ccc(C)c(C)c1)S(C)(=O)=O. The first-order valence-electron chi connectivity index (χ1n) is 11.3. The number of hydrogen-bond donors (Lipinski definition) is 1. The van der Waals surface area contributed by atoms with Crippen LogP contribution in [-0.4, -0.2) is 50.5 Å². The Bertz CT molecular complexity index is 1100. The molecule has 0 aliphatic heterocycles. The highest BCUT2D eigenvalue weighted by atomic mass is 79.9. The van der Waals surface area contributed by atoms with Gasteiger partial charge in [-0.1, -0.05) is 47.5 Å². The Balaban J connectivity index is 2.35. The van der Waals surface area contributed by atoms with Gasteiger partial charge in [-0.3, -0.25) is 13.9 Å². The molecule has 0 saturated carbocycles. The van der Waals surface area contributed by atoms with E-state index in [-0.39, 0.29) is 12.5 Å². The number of hydrogen-bond acceptors (Lipinski definition) is 4. The third-order valence-electron chi connectivity index (χ3n) is 5.72. The van der Waals surface area contributed by atoms with Crippen molar-refractivity contribution in [3.05, 3.63) is 63.6 Å². The number of anilines is 1. The Morgan fingerprint density at radius 3 is 2.26 bits per heavy atom. The molecule has 2 aromatic carbocycles. The molecular weight excluding hydrogens is 518 g/mol. The molecule has 2 aromatic rings. The van der Waals surface area contributed by atoms with Crippen LogP contribution in [0, 0.1) is 13.8 Å². The Labute approximate surface area is 211 Å². The minimum atomic E-state index is -3.74. The van der Waals surface area contributed by atoms with Crippen molar-refractivity contribution in [2.45, 2.75) is 53.1 Å². The van der Waals surface area contributed by atoms with Crippen LogP contribution in [0.15, 0.2) is 46.9 Å². The van der Waals surface area contributed by atoms with Gasteiger partial charge >= 0.3 is 0 Å². The van der Waals surface area contributed by atoms with Gasteiger partial charge in [0.1, 0.15) is 12.6 Å². The van der Waals surface area contributed by atoms with Gasteiger partial charge in [0.25, 0.3) is 0 Å². The van der Waals surface area contributed by atoms with Crippen molar-refractivity contribution in [2.75, 3.05) is 23.7 Å². The minimum absolute atomic E-state index is 0.180. The quantitative estimate of drug-likeness (QED) is 0.424. The molecular formula is C25H34BrN3O4S. The predicted molar refractivity (Wildman–Crippen MR) is 140 cm³/mol. The molecule has 0 aromatic heterocycles. The Morgan fingerprint density at radius 2 is 1.71 bits per heavy atom. The fourth-order valence-electron chi connectivity index (χ4n) is 3.40. The minimum Gasteiger partial charge on any atom is -0.354 e. The number of carbonyl (C=O) groups is 2. The van der Waals surface area contributed by atoms with Crippen LogP contribution in [0.3, 0.4) is 0 Å². The van der Waals surface area contributed by atoms with Crippen molar-refractivity contribution < 1.29 is 18.0 Å². The number of halogens is 1. The Morgan fingerprint density at radius 1 is 1.06 bits per heavy atom. The number of unbranched alkanes of at least 4 members (excludes halogenated alkanes) is 1. The van der Waals surface area contributed by atoms with Crippen molar-refractivity contribution >= 4 is 43.5 Å². The topological polar surface area (TPSA) is 86.8 Å². The first kappa shape index (κ1) is 27.9. The molecule has 0 heterocycles. The maximum Gasteiger partial charge on any atom is 0.244 e. The molecule has 0 radical (unpaired) electrons. The number of sulfonamides is 1. The molecule has 1 N–H and O–H groups in total. The second-order valence-corrected chi connectivity index (χ2v) is 11.3. The molecule has 0 aliphatic carbocycles. The normalized spacial score (nSPS) is 12.2. The fourth-order valence-corrected chi connectivity index (χ4v) is 4.51. The van der Waals surface area contributed by atoms with Crippen molar-refractivity contribution in [3.63, 3.8) is 0 Å². The monoisotopic (exact) mass is 551 g/mol. The van der Waals surface area contributed by atoms with Gasteiger partial charge in [0, 0.05) is 17.6 Å². The van der Waals surface area contributed by atoms with Gasteiger partial charge in [0.05, 0.1) is 11.9 Å². The predicted octanol–water partition coefficient (Wildman–Crippen LogP) is 4.17. The van der Waals surface area contributed by atoms with E-state index in [0.717, 1.165) is 44.6 Å². The average Bonchev–Trinajstić information content (AvgIpc) is 2.77. The summed E-state index contributed by atoms with van der Waals surface area (Å²) >= 11 is 3.40. The second-order valence-electron chi connectivity index (χ2n) is 8.51. The smallest absolute Gasteiger partial charge is 0.244 e. The van der Waals surface area contributed by atoms with E-state index in [4.69, 9.17) is 0 Å². The molecule has 0 fully saturated rings. The highest BCUT2D eigenvalue weighted by Gasteiger charge is 2.30. The summed E-state index contributed by atoms with van der Waals surface area (Å²) in [6.45, 7) is 7.84. The summed E-state index contributed by atoms with van der Waals surface area (Å²) in [5.41, 5.74) is 3.20. The fraction of sp³-hybridized carbons (Fsp3) is 0.440. The number of amides is 2. The van der Waals surface area contributed by atoms with Gasteiger partial charge < -0.3 is 10.2 Å². The van der Waals surface area contributed by atoms with Crippen LogP contribution >= 0.6 is 15.9 Å². The van der Waals surface area contributed by atoms with Crippen LogP contribution in [-0.2, 0) is 26.2 Å². The number of carbonyl (C=O) groups excluding carboxylic acids is 2. The summed E-state index contributed by atoms with van der Waals surface area (Å²) in [5.74, 6) is -0.722. The molecule has 0 spiro atoms. The lowest BCUT2D eigenvalue weighted by atomic mass is 10.1. The number of nitrogens with one attached hydrogen (secondary N) is 1. The van der Waals surface area contributed by atoms with Gasteiger partial charge in [0.2, 0.25) is 21.8 Å². The largest absolute Gasteiger partial charge is 0.354 e. The highest BCUT2D eigenvalue weighted by molar-refractivity contribution is 9.10. The Kier molecular flexibility index (Phi) is 10.1. The summed E-state index contributed by atoms with van der Waals surface area (Å²) in [7, 11) is -3.74. The highest BCUT2D eigenvalue weighted by Crippen LogP contribution is 2.22. The molecule has 0 saturated heterocycles. The maximum atomic E-state index is 13.5. The number of nitrogens with zero attached hydrogens (tertiary/aromatic N) is 2. The van der Waals surface area contributed by atoms with Crippen LogP contribution in [0.2, 0.25) is 0 Å². The first-order chi connectivity index (χ1) is 15.9. The summed E-state index contributed by atoms with van der Waals surface area (Å²) in [6, 6.07) is 12.0. The van der Waals surface area contributed by atoms with Crippen LogP contribution in [0.4, 0.5) is 5.69 Å². The molecule has 0 bridgehead atoms. The molecule has 9 heteroatoms. The van der Waals surface area contributed by atoms with E-state index in [0.29, 0.717) is 12.2 Å². The zero-order valence-corrected chi connectivity index (χ0v) is 22.9. The zero-order chi connectivity index (χ0) is 25.5. The summed E-state index contributed by atoms with van der Waals surface area (Å²) in [5, 5.41) is 2.87. The zero-order valence-electron chi connectivity index (χ0n) is 20.5. The standard InChI is InChI=1S/C25H34BrN3O4S/c1-6-7-14-27-25(31)20(4)28(16-21-9-11-22(26)12-10-21)24(30)17-29(34(5,32)33)23-13-8-18(2)19(3)15-23/h8-13,15,20H,6-7,14,16-17H2,1-5H3,(H,27,31). The van der Waals surface area contributed by atoms with Crippen molar-refractivity contribution in [1.29, 1.82) is 0 Å². The molecule has 2 amide bonds. The maximum absolute atomic E-state index is 13.5. The number of benzene rings is 2. The molecule has 0 aliphatic rings. The van der Waals surface area contributed by atoms with E-state index in [1.165, 1.54) is 4.90 Å². The third-order valence-corrected chi connectivity index (χ3v) is 7.39. The lowest BCUT2D eigenvalue weighted by Gasteiger charge is -2.31. The van der Waals surface area contributed by atoms with Gasteiger partial charge in [-0.25, -0.2) is 8.42 Å². The van der Waals surface area contributed by atoms with Crippen LogP contribution in [0.1, 0.15) is 43.4 Å². The van der Waals surface area contributed by atoms with Crippen LogP contribution in [0.5, 0.6) is 0 Å². The third kappa shape index (κ3) is 7.84. The van der Waals surface area contributed by atoms with Gasteiger partial charge in [-0.2, -0.15) is 0 Å². The lowest BCUT2D eigenvalue weighted by Crippen LogP contribution is -2.51. The van der Waals surface area contributed by atoms with Crippen molar-refractivity contribution in [2.24, 2.45) is 0 Å². The molecule has 34 heavy (non-hydrogen) atoms. The van der Waals surface area contributed by atoms with Crippen molar-refractivity contribution in [1.82, 2.24) is 10.2 Å². The second kappa shape index (κ2) is 12.4. The average molecular weight is 553 g/mol. The van der Waals surface area contributed by atoms with E-state index < -0.39 is 28.5 Å². The number of rotatable bonds is 11. The van der Waals surface area contributed by atoms with E-state index in [9.17, 15) is 18.0 Å². The van der Waals surface area contributed by atoms with E-state index in [1.54, 1.807) is 19.1 Å². The molecule has 1 atom stereocenters. The van der Waals surface area contributed by atoms with Gasteiger partial charge in [-0.15, -0.1) is 0 Å². The van der Waals surface area contributed by atoms with Crippen molar-refractivity contribution in [3.8, 4) is 0 Å². The van der Waals surface area contributed by atoms with Crippen LogP contribution < -0.4 is 9.62 Å². The van der Waals surface area contributed by atoms with E-state index in [2.05, 4.69) is 21.2 Å². The molecule has 7 nitrogen and oxygen atoms in total. The summed E-state index contributed by atoms with van der Waals surface area (Å²) in [6.07, 6.45) is 2.86. The molecule has 186 valence electrons. The van der Waals surface area contributed by atoms with Gasteiger partial charge in [0.15, 0.2) is 0 Å². The summed E-state index contributed by atoms with van der Waals surface area (Å²) in [4.78, 5) is 27.7. The first-order valence-corrected chi connectivity index (χ1v) is 13.9. The Hall–Kier alpha value is -2.39. The lowest BCUT2D eigenvalue weighted by molar-refractivity contribution is -0.139. The van der Waals surface area contributed by atoms with E-state index >= 15 is 0 Å². The van der Waals surface area contributed by atoms with E-state index in [1.807, 2.05) is 51.1 Å². The molecule has 1 unspecified atom stereocenters.